The summed E-state index contributed by atoms with van der Waals surface area (Å²) in [5.41, 5.74) is 1.92. The summed E-state index contributed by atoms with van der Waals surface area (Å²) in [7, 11) is 3.13. The van der Waals surface area contributed by atoms with Crippen molar-refractivity contribution >= 4 is 22.6 Å². The molecular weight excluding hydrogens is 516 g/mol. The SMILES string of the molecule is COc1cccc(-c2cc(C(=O)Nc3cc4ccc(O[C@@H]5CNC[C@@H](O)[C@H]5O)c(C)c4oc3=O)ccc2OC)c1. The third kappa shape index (κ3) is 5.37. The summed E-state index contributed by atoms with van der Waals surface area (Å²) in [6, 6.07) is 17.3. The minimum absolute atomic E-state index is 0.0145. The second kappa shape index (κ2) is 11.4. The fraction of sp³-hybridized carbons (Fsp3) is 0.267. The molecular formula is C30H30N2O8. The first-order valence-corrected chi connectivity index (χ1v) is 12.7. The van der Waals surface area contributed by atoms with Gasteiger partial charge >= 0.3 is 5.63 Å². The molecule has 0 spiro atoms. The van der Waals surface area contributed by atoms with Crippen molar-refractivity contribution in [2.45, 2.75) is 25.2 Å². The number of β-amino-alcohol motifs (C(OH)–C–C–N with tert-alkyl or cyclic N) is 1. The standard InChI is InChI=1S/C30H30N2O8/c1-16-24(39-26-15-31-14-23(33)27(26)34)9-7-18-13-22(30(36)40-28(16)18)32-29(35)19-8-10-25(38-3)21(12-19)17-5-4-6-20(11-17)37-2/h4-13,23,26-27,31,33-34H,14-15H2,1-3H3,(H,32,35)/t23-,26-,27-/m1/s1. The van der Waals surface area contributed by atoms with Gasteiger partial charge in [-0.1, -0.05) is 12.1 Å². The summed E-state index contributed by atoms with van der Waals surface area (Å²) < 4.78 is 22.3. The number of hydrogen-bond donors (Lipinski definition) is 4. The summed E-state index contributed by atoms with van der Waals surface area (Å²) in [4.78, 5) is 26.0. The molecule has 1 amide bonds. The highest BCUT2D eigenvalue weighted by Gasteiger charge is 2.32. The predicted molar refractivity (Wildman–Crippen MR) is 149 cm³/mol. The summed E-state index contributed by atoms with van der Waals surface area (Å²) in [5.74, 6) is 1.16. The molecule has 3 aromatic carbocycles. The van der Waals surface area contributed by atoms with Gasteiger partial charge in [0, 0.05) is 35.2 Å². The van der Waals surface area contributed by atoms with Gasteiger partial charge in [0.25, 0.3) is 5.91 Å². The zero-order valence-corrected chi connectivity index (χ0v) is 22.3. The zero-order chi connectivity index (χ0) is 28.4. The summed E-state index contributed by atoms with van der Waals surface area (Å²) in [5, 5.41) is 26.4. The Bertz CT molecular complexity index is 1620. The van der Waals surface area contributed by atoms with Crippen LogP contribution in [0.4, 0.5) is 5.69 Å². The van der Waals surface area contributed by atoms with E-state index < -0.39 is 29.8 Å². The molecule has 0 aliphatic carbocycles. The molecule has 1 saturated heterocycles. The fourth-order valence-electron chi connectivity index (χ4n) is 4.72. The van der Waals surface area contributed by atoms with Crippen LogP contribution in [0.15, 0.2) is 69.9 Å². The largest absolute Gasteiger partial charge is 0.497 e. The number of carbonyl (C=O) groups is 1. The van der Waals surface area contributed by atoms with Crippen molar-refractivity contribution in [2.24, 2.45) is 0 Å². The van der Waals surface area contributed by atoms with Crippen molar-refractivity contribution in [2.75, 3.05) is 32.6 Å². The van der Waals surface area contributed by atoms with Crippen LogP contribution in [-0.2, 0) is 0 Å². The van der Waals surface area contributed by atoms with E-state index in [0.717, 1.165) is 5.56 Å². The third-order valence-corrected chi connectivity index (χ3v) is 6.94. The fourth-order valence-corrected chi connectivity index (χ4v) is 4.72. The number of anilines is 1. The Kier molecular flexibility index (Phi) is 7.74. The molecule has 5 rings (SSSR count). The van der Waals surface area contributed by atoms with Crippen LogP contribution in [0.3, 0.4) is 0 Å². The van der Waals surface area contributed by atoms with Gasteiger partial charge in [0.2, 0.25) is 0 Å². The Morgan fingerprint density at radius 2 is 1.80 bits per heavy atom. The lowest BCUT2D eigenvalue weighted by Gasteiger charge is -2.33. The van der Waals surface area contributed by atoms with Crippen LogP contribution in [0.25, 0.3) is 22.1 Å². The first-order valence-electron chi connectivity index (χ1n) is 12.7. The van der Waals surface area contributed by atoms with Gasteiger partial charge in [-0.15, -0.1) is 0 Å². The van der Waals surface area contributed by atoms with Crippen LogP contribution in [0.2, 0.25) is 0 Å². The van der Waals surface area contributed by atoms with Crippen LogP contribution in [0, 0.1) is 6.92 Å². The molecule has 10 nitrogen and oxygen atoms in total. The first-order chi connectivity index (χ1) is 19.3. The molecule has 4 aromatic rings. The van der Waals surface area contributed by atoms with Gasteiger partial charge in [0.05, 0.1) is 20.3 Å². The van der Waals surface area contributed by atoms with E-state index >= 15 is 0 Å². The molecule has 4 N–H and O–H groups in total. The Morgan fingerprint density at radius 3 is 2.58 bits per heavy atom. The number of carbonyl (C=O) groups excluding carboxylic acids is 1. The molecule has 208 valence electrons. The van der Waals surface area contributed by atoms with Crippen molar-refractivity contribution in [3.05, 3.63) is 82.2 Å². The monoisotopic (exact) mass is 546 g/mol. The molecule has 40 heavy (non-hydrogen) atoms. The van der Waals surface area contributed by atoms with Gasteiger partial charge < -0.3 is 39.5 Å². The van der Waals surface area contributed by atoms with Gasteiger partial charge in [0.1, 0.15) is 40.7 Å². The summed E-state index contributed by atoms with van der Waals surface area (Å²) in [6.45, 7) is 2.37. The molecule has 10 heteroatoms. The van der Waals surface area contributed by atoms with E-state index in [2.05, 4.69) is 10.6 Å². The highest BCUT2D eigenvalue weighted by molar-refractivity contribution is 6.05. The average Bonchev–Trinajstić information content (AvgIpc) is 2.97. The number of rotatable bonds is 7. The molecule has 3 atom stereocenters. The van der Waals surface area contributed by atoms with Gasteiger partial charge in [-0.25, -0.2) is 4.79 Å². The lowest BCUT2D eigenvalue weighted by atomic mass is 10.0. The van der Waals surface area contributed by atoms with Crippen LogP contribution in [0.5, 0.6) is 17.2 Å². The van der Waals surface area contributed by atoms with Gasteiger partial charge in [-0.3, -0.25) is 4.79 Å². The second-order valence-corrected chi connectivity index (χ2v) is 9.53. The van der Waals surface area contributed by atoms with Crippen molar-refractivity contribution in [3.8, 4) is 28.4 Å². The number of aryl methyl sites for hydroxylation is 1. The summed E-state index contributed by atoms with van der Waals surface area (Å²) >= 11 is 0. The quantitative estimate of drug-likeness (QED) is 0.258. The number of methoxy groups -OCH3 is 2. The van der Waals surface area contributed by atoms with Crippen molar-refractivity contribution in [3.63, 3.8) is 0 Å². The normalized spacial score (nSPS) is 18.8. The van der Waals surface area contributed by atoms with Crippen LogP contribution in [0.1, 0.15) is 15.9 Å². The van der Waals surface area contributed by atoms with Gasteiger partial charge in [-0.2, -0.15) is 0 Å². The van der Waals surface area contributed by atoms with E-state index in [0.29, 0.717) is 51.5 Å². The van der Waals surface area contributed by atoms with E-state index in [1.807, 2.05) is 24.3 Å². The smallest absolute Gasteiger partial charge is 0.360 e. The molecule has 2 heterocycles. The van der Waals surface area contributed by atoms with E-state index in [9.17, 15) is 19.8 Å². The number of aliphatic hydroxyl groups is 2. The Morgan fingerprint density at radius 1 is 1.00 bits per heavy atom. The minimum Gasteiger partial charge on any atom is -0.497 e. The number of aliphatic hydroxyl groups excluding tert-OH is 2. The van der Waals surface area contributed by atoms with E-state index in [-0.39, 0.29) is 12.2 Å². The topological polar surface area (TPSA) is 139 Å². The molecule has 1 aromatic heterocycles. The number of hydrogen-bond acceptors (Lipinski definition) is 9. The van der Waals surface area contributed by atoms with Gasteiger partial charge in [-0.05, 0) is 61.0 Å². The first kappa shape index (κ1) is 27.2. The van der Waals surface area contributed by atoms with Crippen LogP contribution >= 0.6 is 0 Å². The van der Waals surface area contributed by atoms with E-state index in [1.165, 1.54) is 0 Å². The second-order valence-electron chi connectivity index (χ2n) is 9.53. The number of piperidine rings is 1. The molecule has 0 radical (unpaired) electrons. The predicted octanol–water partition coefficient (Wildman–Crippen LogP) is 3.11. The number of nitrogens with one attached hydrogen (secondary N) is 2. The Labute approximate surface area is 230 Å². The molecule has 1 aliphatic heterocycles. The highest BCUT2D eigenvalue weighted by atomic mass is 16.5. The maximum Gasteiger partial charge on any atom is 0.360 e. The number of benzene rings is 3. The molecule has 0 unspecified atom stereocenters. The molecule has 0 saturated carbocycles. The zero-order valence-electron chi connectivity index (χ0n) is 22.3. The minimum atomic E-state index is -1.05. The van der Waals surface area contributed by atoms with E-state index in [4.69, 9.17) is 18.6 Å². The van der Waals surface area contributed by atoms with Crippen molar-refractivity contribution in [1.82, 2.24) is 5.32 Å². The number of ether oxygens (including phenoxy) is 3. The van der Waals surface area contributed by atoms with Gasteiger partial charge in [0.15, 0.2) is 0 Å². The number of fused-ring (bicyclic) bond motifs is 1. The maximum absolute atomic E-state index is 13.2. The third-order valence-electron chi connectivity index (χ3n) is 6.94. The maximum atomic E-state index is 13.2. The highest BCUT2D eigenvalue weighted by Crippen LogP contribution is 2.33. The van der Waals surface area contributed by atoms with Crippen LogP contribution in [-0.4, -0.2) is 61.7 Å². The van der Waals surface area contributed by atoms with Crippen molar-refractivity contribution < 1.29 is 33.6 Å². The summed E-state index contributed by atoms with van der Waals surface area (Å²) in [6.07, 6.45) is -2.67. The molecule has 1 aliphatic rings. The lowest BCUT2D eigenvalue weighted by molar-refractivity contribution is -0.0653. The molecule has 1 fully saturated rings. The lowest BCUT2D eigenvalue weighted by Crippen LogP contribution is -2.55. The van der Waals surface area contributed by atoms with E-state index in [1.54, 1.807) is 57.5 Å². The van der Waals surface area contributed by atoms with Crippen molar-refractivity contribution in [1.29, 1.82) is 0 Å². The Hall–Kier alpha value is -4.38. The Balaban J connectivity index is 1.41. The number of amides is 1. The molecule has 0 bridgehead atoms. The van der Waals surface area contributed by atoms with Crippen LogP contribution < -0.4 is 30.5 Å². The average molecular weight is 547 g/mol.